The Hall–Kier alpha value is -3.57. The maximum Gasteiger partial charge on any atom is 0.574 e. The topological polar surface area (TPSA) is 60.2 Å². The summed E-state index contributed by atoms with van der Waals surface area (Å²) in [6.45, 7) is 0. The van der Waals surface area contributed by atoms with Gasteiger partial charge in [-0.3, -0.25) is 9.48 Å². The lowest BCUT2D eigenvalue weighted by Crippen LogP contribution is -2.50. The molecule has 4 heterocycles. The van der Waals surface area contributed by atoms with Crippen molar-refractivity contribution >= 4 is 5.91 Å². The third kappa shape index (κ3) is 4.10. The van der Waals surface area contributed by atoms with E-state index in [2.05, 4.69) is 14.8 Å². The SMILES string of the molecule is Cn1nc2c(c1-c1cc(F)c(F)c(F)c1)C[C@H]1CCC[C@@H]2N1C(=O)c1cccc(OC(F)(F)F)n1. The fourth-order valence-corrected chi connectivity index (χ4v) is 5.04. The second-order valence-electron chi connectivity index (χ2n) is 8.52. The summed E-state index contributed by atoms with van der Waals surface area (Å²) in [7, 11) is 1.59. The van der Waals surface area contributed by atoms with Gasteiger partial charge in [0.05, 0.1) is 17.4 Å². The Balaban J connectivity index is 1.53. The van der Waals surface area contributed by atoms with Gasteiger partial charge < -0.3 is 9.64 Å². The Morgan fingerprint density at radius 2 is 1.83 bits per heavy atom. The van der Waals surface area contributed by atoms with Crippen molar-refractivity contribution in [1.29, 1.82) is 0 Å². The molecule has 2 bridgehead atoms. The molecule has 1 fully saturated rings. The summed E-state index contributed by atoms with van der Waals surface area (Å²) in [6.07, 6.45) is -2.71. The predicted molar refractivity (Wildman–Crippen MR) is 110 cm³/mol. The molecule has 6 nitrogen and oxygen atoms in total. The average molecular weight is 496 g/mol. The molecule has 0 radical (unpaired) electrons. The molecule has 2 aliphatic rings. The second kappa shape index (κ2) is 8.28. The fourth-order valence-electron chi connectivity index (χ4n) is 5.04. The van der Waals surface area contributed by atoms with Crippen LogP contribution in [0.3, 0.4) is 0 Å². The van der Waals surface area contributed by atoms with Crippen LogP contribution in [-0.4, -0.2) is 38.0 Å². The summed E-state index contributed by atoms with van der Waals surface area (Å²) in [5.41, 5.74) is 1.55. The highest BCUT2D eigenvalue weighted by Gasteiger charge is 2.44. The lowest BCUT2D eigenvalue weighted by Gasteiger charge is -2.45. The van der Waals surface area contributed by atoms with Crippen LogP contribution in [-0.2, 0) is 13.5 Å². The van der Waals surface area contributed by atoms with E-state index in [0.717, 1.165) is 24.6 Å². The molecule has 0 saturated carbocycles. The highest BCUT2D eigenvalue weighted by atomic mass is 19.4. The third-order valence-corrected chi connectivity index (χ3v) is 6.33. The third-order valence-electron chi connectivity index (χ3n) is 6.33. The van der Waals surface area contributed by atoms with Crippen LogP contribution in [0.2, 0.25) is 0 Å². The van der Waals surface area contributed by atoms with E-state index in [9.17, 15) is 31.1 Å². The van der Waals surface area contributed by atoms with Crippen molar-refractivity contribution in [3.8, 4) is 17.1 Å². The van der Waals surface area contributed by atoms with Gasteiger partial charge in [0.25, 0.3) is 5.91 Å². The van der Waals surface area contributed by atoms with Gasteiger partial charge in [-0.25, -0.2) is 18.2 Å². The standard InChI is InChI=1S/C23H18F6N4O2/c1-32-21(11-8-14(24)19(26)15(25)9-11)13-10-12-4-2-6-17(20(13)31-32)33(12)22(34)16-5-3-7-18(30-16)35-23(27,28)29/h3,5,7-9,12,17H,2,4,6,10H2,1H3/t12-,17+/m1/s1. The number of hydrogen-bond acceptors (Lipinski definition) is 4. The van der Waals surface area contributed by atoms with E-state index in [4.69, 9.17) is 0 Å². The molecule has 1 aromatic carbocycles. The van der Waals surface area contributed by atoms with Crippen LogP contribution < -0.4 is 4.74 Å². The molecule has 2 atom stereocenters. The Labute approximate surface area is 195 Å². The van der Waals surface area contributed by atoms with E-state index in [1.165, 1.54) is 16.8 Å². The molecule has 12 heteroatoms. The first-order chi connectivity index (χ1) is 16.5. The summed E-state index contributed by atoms with van der Waals surface area (Å²) in [6, 6.07) is 4.53. The first-order valence-electron chi connectivity index (χ1n) is 10.8. The van der Waals surface area contributed by atoms with Gasteiger partial charge in [0.15, 0.2) is 17.5 Å². The summed E-state index contributed by atoms with van der Waals surface area (Å²) in [5.74, 6) is -5.53. The Kier molecular flexibility index (Phi) is 5.48. The van der Waals surface area contributed by atoms with Crippen molar-refractivity contribution in [2.24, 2.45) is 7.05 Å². The number of carbonyl (C=O) groups is 1. The molecule has 2 aromatic heterocycles. The molecule has 35 heavy (non-hydrogen) atoms. The maximum atomic E-state index is 13.9. The minimum Gasteiger partial charge on any atom is -0.388 e. The number of ether oxygens (including phenoxy) is 1. The summed E-state index contributed by atoms with van der Waals surface area (Å²) < 4.78 is 84.4. The second-order valence-corrected chi connectivity index (χ2v) is 8.52. The van der Waals surface area contributed by atoms with Crippen LogP contribution in [0, 0.1) is 17.5 Å². The molecule has 2 aliphatic heterocycles. The van der Waals surface area contributed by atoms with Crippen LogP contribution in [0.4, 0.5) is 26.3 Å². The normalized spacial score (nSPS) is 19.5. The number of carbonyl (C=O) groups excluding carboxylic acids is 1. The molecular formula is C23H18F6N4O2. The largest absolute Gasteiger partial charge is 0.574 e. The first-order valence-corrected chi connectivity index (χ1v) is 10.8. The van der Waals surface area contributed by atoms with E-state index in [1.807, 2.05) is 0 Å². The van der Waals surface area contributed by atoms with Crippen molar-refractivity contribution in [3.05, 3.63) is 64.7 Å². The lowest BCUT2D eigenvalue weighted by molar-refractivity contribution is -0.276. The van der Waals surface area contributed by atoms with Gasteiger partial charge in [-0.15, -0.1) is 13.2 Å². The minimum absolute atomic E-state index is 0.120. The number of pyridine rings is 1. The molecule has 0 aliphatic carbocycles. The fraction of sp³-hybridized carbons (Fsp3) is 0.348. The quantitative estimate of drug-likeness (QED) is 0.375. The van der Waals surface area contributed by atoms with Crippen molar-refractivity contribution in [2.45, 2.75) is 44.1 Å². The number of rotatable bonds is 3. The van der Waals surface area contributed by atoms with Gasteiger partial charge in [-0.2, -0.15) is 5.10 Å². The Morgan fingerprint density at radius 1 is 1.11 bits per heavy atom. The van der Waals surface area contributed by atoms with Crippen LogP contribution in [0.25, 0.3) is 11.3 Å². The number of aryl methyl sites for hydroxylation is 1. The number of hydrogen-bond donors (Lipinski definition) is 0. The average Bonchev–Trinajstić information content (AvgIpc) is 3.11. The highest BCUT2D eigenvalue weighted by Crippen LogP contribution is 2.45. The lowest BCUT2D eigenvalue weighted by atomic mass is 9.81. The summed E-state index contributed by atoms with van der Waals surface area (Å²) in [4.78, 5) is 18.7. The van der Waals surface area contributed by atoms with E-state index in [1.54, 1.807) is 11.9 Å². The number of nitrogens with zero attached hydrogens (tertiary/aromatic N) is 4. The number of piperidine rings is 1. The van der Waals surface area contributed by atoms with Crippen molar-refractivity contribution in [2.75, 3.05) is 0 Å². The summed E-state index contributed by atoms with van der Waals surface area (Å²) in [5, 5.41) is 4.51. The molecule has 0 spiro atoms. The number of amides is 1. The van der Waals surface area contributed by atoms with Gasteiger partial charge in [-0.05, 0) is 43.9 Å². The molecule has 0 unspecified atom stereocenters. The number of benzene rings is 1. The molecular weight excluding hydrogens is 478 g/mol. The van der Waals surface area contributed by atoms with Crippen LogP contribution >= 0.6 is 0 Å². The minimum atomic E-state index is -4.95. The molecule has 5 rings (SSSR count). The number of alkyl halides is 3. The van der Waals surface area contributed by atoms with Crippen LogP contribution in [0.5, 0.6) is 5.88 Å². The zero-order valence-corrected chi connectivity index (χ0v) is 18.2. The van der Waals surface area contributed by atoms with E-state index >= 15 is 0 Å². The maximum absolute atomic E-state index is 13.9. The van der Waals surface area contributed by atoms with Gasteiger partial charge in [0, 0.05) is 30.3 Å². The monoisotopic (exact) mass is 496 g/mol. The zero-order chi connectivity index (χ0) is 25.1. The molecule has 0 N–H and O–H groups in total. The van der Waals surface area contributed by atoms with Crippen LogP contribution in [0.1, 0.15) is 47.1 Å². The van der Waals surface area contributed by atoms with Gasteiger partial charge >= 0.3 is 6.36 Å². The van der Waals surface area contributed by atoms with Gasteiger partial charge in [0.1, 0.15) is 5.69 Å². The van der Waals surface area contributed by atoms with Crippen molar-refractivity contribution in [3.63, 3.8) is 0 Å². The zero-order valence-electron chi connectivity index (χ0n) is 18.2. The summed E-state index contributed by atoms with van der Waals surface area (Å²) >= 11 is 0. The Morgan fingerprint density at radius 3 is 2.51 bits per heavy atom. The Bertz CT molecular complexity index is 1300. The molecule has 3 aromatic rings. The van der Waals surface area contributed by atoms with Crippen molar-refractivity contribution in [1.82, 2.24) is 19.7 Å². The first kappa shape index (κ1) is 23.2. The van der Waals surface area contributed by atoms with Crippen LogP contribution in [0.15, 0.2) is 30.3 Å². The van der Waals surface area contributed by atoms with Gasteiger partial charge in [0.2, 0.25) is 5.88 Å². The predicted octanol–water partition coefficient (Wildman–Crippen LogP) is 5.09. The number of fused-ring (bicyclic) bond motifs is 4. The number of aromatic nitrogens is 3. The molecule has 184 valence electrons. The highest BCUT2D eigenvalue weighted by molar-refractivity contribution is 5.93. The van der Waals surface area contributed by atoms with E-state index < -0.39 is 41.6 Å². The van der Waals surface area contributed by atoms with Crippen molar-refractivity contribution < 1.29 is 35.9 Å². The molecule has 1 saturated heterocycles. The number of halogens is 6. The van der Waals surface area contributed by atoms with E-state index in [0.29, 0.717) is 36.2 Å². The molecule has 1 amide bonds. The smallest absolute Gasteiger partial charge is 0.388 e. The van der Waals surface area contributed by atoms with Gasteiger partial charge in [-0.1, -0.05) is 6.07 Å². The van der Waals surface area contributed by atoms with E-state index in [-0.39, 0.29) is 17.3 Å².